The number of hydrogen-bond acceptors (Lipinski definition) is 3. The maximum absolute atomic E-state index is 10.9. The van der Waals surface area contributed by atoms with Crippen LogP contribution in [0.25, 0.3) is 0 Å². The van der Waals surface area contributed by atoms with E-state index in [1.54, 1.807) is 12.1 Å². The second-order valence-electron chi connectivity index (χ2n) is 4.76. The largest absolute Gasteiger partial charge is 0.481 e. The summed E-state index contributed by atoms with van der Waals surface area (Å²) in [7, 11) is 0. The Morgan fingerprint density at radius 1 is 1.24 bits per heavy atom. The van der Waals surface area contributed by atoms with E-state index < -0.39 is 5.97 Å². The van der Waals surface area contributed by atoms with Crippen LogP contribution in [0.4, 0.5) is 5.69 Å². The summed E-state index contributed by atoms with van der Waals surface area (Å²) in [5.41, 5.74) is 9.38. The number of thiocarbonyl (C=S) groups is 1. The van der Waals surface area contributed by atoms with Gasteiger partial charge in [0, 0.05) is 11.3 Å². The molecular formula is C16H14ClNO2S. The van der Waals surface area contributed by atoms with E-state index in [4.69, 9.17) is 34.7 Å². The van der Waals surface area contributed by atoms with Crippen molar-refractivity contribution in [3.8, 4) is 0 Å². The summed E-state index contributed by atoms with van der Waals surface area (Å²) in [4.78, 5) is 11.4. The lowest BCUT2D eigenvalue weighted by atomic mass is 9.98. The number of nitrogens with two attached hydrogens (primary N) is 1. The zero-order chi connectivity index (χ0) is 15.6. The van der Waals surface area contributed by atoms with Crippen LogP contribution < -0.4 is 5.73 Å². The SMILES string of the molecule is Cc1ccc(C(=S)c2c(Cl)ccc(CC(=O)O)c2N)cc1. The second-order valence-corrected chi connectivity index (χ2v) is 5.58. The number of nitrogen functional groups attached to an aromatic ring is 1. The van der Waals surface area contributed by atoms with E-state index in [1.165, 1.54) is 0 Å². The lowest BCUT2D eigenvalue weighted by molar-refractivity contribution is -0.136. The van der Waals surface area contributed by atoms with Crippen molar-refractivity contribution in [3.63, 3.8) is 0 Å². The quantitative estimate of drug-likeness (QED) is 0.513. The third-order valence-electron chi connectivity index (χ3n) is 3.17. The van der Waals surface area contributed by atoms with Crippen molar-refractivity contribution >= 4 is 40.3 Å². The number of rotatable bonds is 4. The van der Waals surface area contributed by atoms with Gasteiger partial charge in [-0.15, -0.1) is 0 Å². The molecule has 0 atom stereocenters. The van der Waals surface area contributed by atoms with Crippen LogP contribution >= 0.6 is 23.8 Å². The highest BCUT2D eigenvalue weighted by molar-refractivity contribution is 7.81. The summed E-state index contributed by atoms with van der Waals surface area (Å²) in [6.07, 6.45) is -0.160. The minimum atomic E-state index is -0.948. The van der Waals surface area contributed by atoms with Crippen molar-refractivity contribution in [2.45, 2.75) is 13.3 Å². The Morgan fingerprint density at radius 3 is 2.43 bits per heavy atom. The van der Waals surface area contributed by atoms with Gasteiger partial charge in [0.25, 0.3) is 0 Å². The zero-order valence-corrected chi connectivity index (χ0v) is 13.0. The topological polar surface area (TPSA) is 63.3 Å². The van der Waals surface area contributed by atoms with Crippen molar-refractivity contribution in [2.24, 2.45) is 0 Å². The van der Waals surface area contributed by atoms with Gasteiger partial charge in [0.1, 0.15) is 0 Å². The van der Waals surface area contributed by atoms with Gasteiger partial charge in [0.15, 0.2) is 0 Å². The zero-order valence-electron chi connectivity index (χ0n) is 11.4. The molecule has 0 unspecified atom stereocenters. The second kappa shape index (κ2) is 6.24. The maximum Gasteiger partial charge on any atom is 0.307 e. The highest BCUT2D eigenvalue weighted by Crippen LogP contribution is 2.29. The predicted octanol–water partition coefficient (Wildman–Crippen LogP) is 3.62. The van der Waals surface area contributed by atoms with Crippen LogP contribution in [0.1, 0.15) is 22.3 Å². The molecule has 0 radical (unpaired) electrons. The van der Waals surface area contributed by atoms with E-state index >= 15 is 0 Å². The average molecular weight is 320 g/mol. The molecule has 0 spiro atoms. The average Bonchev–Trinajstić information content (AvgIpc) is 2.42. The lowest BCUT2D eigenvalue weighted by Gasteiger charge is -2.13. The van der Waals surface area contributed by atoms with Crippen LogP contribution in [0.3, 0.4) is 0 Å². The molecule has 0 amide bonds. The van der Waals surface area contributed by atoms with Crippen molar-refractivity contribution in [2.75, 3.05) is 5.73 Å². The third kappa shape index (κ3) is 3.40. The molecule has 3 nitrogen and oxygen atoms in total. The monoisotopic (exact) mass is 319 g/mol. The number of aryl methyl sites for hydroxylation is 1. The molecule has 0 aliphatic carbocycles. The maximum atomic E-state index is 10.9. The predicted molar refractivity (Wildman–Crippen MR) is 89.2 cm³/mol. The smallest absolute Gasteiger partial charge is 0.307 e. The summed E-state index contributed by atoms with van der Waals surface area (Å²) >= 11 is 11.7. The van der Waals surface area contributed by atoms with Gasteiger partial charge in [0.05, 0.1) is 16.3 Å². The van der Waals surface area contributed by atoms with Crippen LogP contribution in [0.5, 0.6) is 0 Å². The molecule has 5 heteroatoms. The first-order valence-corrected chi connectivity index (χ1v) is 7.08. The molecular weight excluding hydrogens is 306 g/mol. The molecule has 2 aromatic carbocycles. The van der Waals surface area contributed by atoms with E-state index in [-0.39, 0.29) is 6.42 Å². The molecule has 0 aliphatic heterocycles. The summed E-state index contributed by atoms with van der Waals surface area (Å²) in [5.74, 6) is -0.948. The standard InChI is InChI=1S/C16H14ClNO2S/c1-9-2-4-10(5-3-9)16(21)14-12(17)7-6-11(15(14)18)8-13(19)20/h2-7H,8,18H2,1H3,(H,19,20). The molecule has 0 fully saturated rings. The van der Waals surface area contributed by atoms with E-state index in [0.717, 1.165) is 11.1 Å². The van der Waals surface area contributed by atoms with Gasteiger partial charge in [-0.05, 0) is 24.1 Å². The van der Waals surface area contributed by atoms with Gasteiger partial charge < -0.3 is 10.8 Å². The van der Waals surface area contributed by atoms with Gasteiger partial charge in [-0.1, -0.05) is 59.7 Å². The fraction of sp³-hybridized carbons (Fsp3) is 0.125. The van der Waals surface area contributed by atoms with E-state index in [9.17, 15) is 4.79 Å². The molecule has 0 bridgehead atoms. The van der Waals surface area contributed by atoms with Gasteiger partial charge in [-0.25, -0.2) is 0 Å². The number of benzene rings is 2. The Morgan fingerprint density at radius 2 is 1.86 bits per heavy atom. The lowest BCUT2D eigenvalue weighted by Crippen LogP contribution is -2.10. The van der Waals surface area contributed by atoms with Crippen molar-refractivity contribution in [1.82, 2.24) is 0 Å². The van der Waals surface area contributed by atoms with E-state index in [0.29, 0.717) is 26.7 Å². The molecule has 2 aromatic rings. The molecule has 0 heterocycles. The molecule has 2 rings (SSSR count). The van der Waals surface area contributed by atoms with Gasteiger partial charge in [-0.2, -0.15) is 0 Å². The number of carboxylic acids is 1. The first-order valence-electron chi connectivity index (χ1n) is 6.30. The molecule has 3 N–H and O–H groups in total. The van der Waals surface area contributed by atoms with Crippen LogP contribution in [-0.2, 0) is 11.2 Å². The Hall–Kier alpha value is -1.91. The molecule has 0 saturated heterocycles. The van der Waals surface area contributed by atoms with Gasteiger partial charge in [-0.3, -0.25) is 4.79 Å². The van der Waals surface area contributed by atoms with E-state index in [1.807, 2.05) is 31.2 Å². The Bertz CT molecular complexity index is 711. The van der Waals surface area contributed by atoms with Crippen LogP contribution in [-0.4, -0.2) is 15.9 Å². The summed E-state index contributed by atoms with van der Waals surface area (Å²) < 4.78 is 0. The van der Waals surface area contributed by atoms with Crippen LogP contribution in [0.15, 0.2) is 36.4 Å². The Kier molecular flexibility index (Phi) is 4.60. The first-order chi connectivity index (χ1) is 9.90. The normalized spacial score (nSPS) is 10.4. The van der Waals surface area contributed by atoms with Gasteiger partial charge in [0.2, 0.25) is 0 Å². The summed E-state index contributed by atoms with van der Waals surface area (Å²) in [5, 5.41) is 9.34. The number of anilines is 1. The summed E-state index contributed by atoms with van der Waals surface area (Å²) in [6, 6.07) is 11.0. The highest BCUT2D eigenvalue weighted by Gasteiger charge is 2.16. The molecule has 0 aromatic heterocycles. The fourth-order valence-electron chi connectivity index (χ4n) is 2.03. The highest BCUT2D eigenvalue weighted by atomic mass is 35.5. The molecule has 21 heavy (non-hydrogen) atoms. The Balaban J connectivity index is 2.49. The minimum Gasteiger partial charge on any atom is -0.481 e. The summed E-state index contributed by atoms with van der Waals surface area (Å²) in [6.45, 7) is 1.99. The Labute approximate surface area is 133 Å². The van der Waals surface area contributed by atoms with Gasteiger partial charge >= 0.3 is 5.97 Å². The number of hydrogen-bond donors (Lipinski definition) is 2. The minimum absolute atomic E-state index is 0.160. The van der Waals surface area contributed by atoms with Crippen LogP contribution in [0, 0.1) is 6.92 Å². The first kappa shape index (κ1) is 15.5. The number of halogens is 1. The third-order valence-corrected chi connectivity index (χ3v) is 3.92. The number of carboxylic acid groups (broad SMARTS) is 1. The molecule has 0 saturated carbocycles. The van der Waals surface area contributed by atoms with Crippen molar-refractivity contribution < 1.29 is 9.90 Å². The van der Waals surface area contributed by atoms with Crippen LogP contribution in [0.2, 0.25) is 5.02 Å². The number of carbonyl (C=O) groups is 1. The fourth-order valence-corrected chi connectivity index (χ4v) is 2.70. The van der Waals surface area contributed by atoms with Crippen molar-refractivity contribution in [3.05, 3.63) is 63.7 Å². The van der Waals surface area contributed by atoms with Crippen molar-refractivity contribution in [1.29, 1.82) is 0 Å². The molecule has 108 valence electrons. The van der Waals surface area contributed by atoms with E-state index in [2.05, 4.69) is 0 Å². The molecule has 0 aliphatic rings. The number of aliphatic carboxylic acids is 1.